The predicted octanol–water partition coefficient (Wildman–Crippen LogP) is 5.20. The Morgan fingerprint density at radius 1 is 0.964 bits per heavy atom. The summed E-state index contributed by atoms with van der Waals surface area (Å²) in [5.41, 5.74) is 4.22. The molecule has 0 spiro atoms. The van der Waals surface area contributed by atoms with Gasteiger partial charge >= 0.3 is 0 Å². The number of hydrogen-bond donors (Lipinski definition) is 1. The van der Waals surface area contributed by atoms with E-state index in [1.165, 1.54) is 11.3 Å². The highest BCUT2D eigenvalue weighted by Crippen LogP contribution is 2.18. The molecule has 0 aliphatic rings. The molecule has 28 heavy (non-hydrogen) atoms. The van der Waals surface area contributed by atoms with Crippen molar-refractivity contribution in [3.63, 3.8) is 0 Å². The van der Waals surface area contributed by atoms with Crippen LogP contribution in [0.1, 0.15) is 11.3 Å². The molecule has 0 amide bonds. The van der Waals surface area contributed by atoms with Crippen LogP contribution in [0.4, 0.5) is 11.4 Å². The average molecular weight is 411 g/mol. The Balaban J connectivity index is 1.77. The molecule has 0 radical (unpaired) electrons. The van der Waals surface area contributed by atoms with E-state index in [2.05, 4.69) is 44.4 Å². The number of anilines is 2. The first-order valence-corrected chi connectivity index (χ1v) is 9.77. The van der Waals surface area contributed by atoms with E-state index >= 15 is 0 Å². The lowest BCUT2D eigenvalue weighted by atomic mass is 10.2. The third kappa shape index (κ3) is 5.68. The number of nitrogens with one attached hydrogen (secondary N) is 1. The molecule has 0 aliphatic carbocycles. The van der Waals surface area contributed by atoms with Gasteiger partial charge < -0.3 is 15.1 Å². The smallest absolute Gasteiger partial charge is 0.174 e. The second-order valence-electron chi connectivity index (χ2n) is 6.68. The van der Waals surface area contributed by atoms with E-state index in [1.807, 2.05) is 56.6 Å². The zero-order valence-electron chi connectivity index (χ0n) is 16.0. The first-order chi connectivity index (χ1) is 13.5. The summed E-state index contributed by atoms with van der Waals surface area (Å²) in [4.78, 5) is 8.64. The second kappa shape index (κ2) is 9.53. The number of benzene rings is 2. The molecule has 0 unspecified atom stereocenters. The van der Waals surface area contributed by atoms with Crippen molar-refractivity contribution in [2.75, 3.05) is 24.3 Å². The highest BCUT2D eigenvalue weighted by Gasteiger charge is 2.13. The minimum absolute atomic E-state index is 0.621. The van der Waals surface area contributed by atoms with Crippen molar-refractivity contribution in [1.82, 2.24) is 9.88 Å². The third-order valence-electron chi connectivity index (χ3n) is 4.29. The summed E-state index contributed by atoms with van der Waals surface area (Å²) in [6.07, 6.45) is 1.80. The Hall–Kier alpha value is -2.63. The van der Waals surface area contributed by atoms with Crippen LogP contribution >= 0.6 is 23.8 Å². The van der Waals surface area contributed by atoms with Gasteiger partial charge in [0.25, 0.3) is 0 Å². The van der Waals surface area contributed by atoms with Gasteiger partial charge in [-0.25, -0.2) is 0 Å². The number of aromatic nitrogens is 1. The van der Waals surface area contributed by atoms with Gasteiger partial charge in [0, 0.05) is 43.2 Å². The standard InChI is InChI=1S/C22H23ClN4S/c1-26(2)21-12-6-17(7-13-21)15-27(16-20-5-3-4-14-24-20)22(28)25-19-10-8-18(23)9-11-19/h3-14H,15-16H2,1-2H3,(H,25,28). The number of thiocarbonyl (C=S) groups is 1. The van der Waals surface area contributed by atoms with Crippen LogP contribution in [0.5, 0.6) is 0 Å². The molecule has 0 atom stereocenters. The third-order valence-corrected chi connectivity index (χ3v) is 4.90. The number of pyridine rings is 1. The fraction of sp³-hybridized carbons (Fsp3) is 0.182. The van der Waals surface area contributed by atoms with Crippen molar-refractivity contribution in [2.24, 2.45) is 0 Å². The maximum Gasteiger partial charge on any atom is 0.174 e. The van der Waals surface area contributed by atoms with Gasteiger partial charge in [0.2, 0.25) is 0 Å². The molecule has 3 aromatic rings. The van der Waals surface area contributed by atoms with Gasteiger partial charge in [-0.3, -0.25) is 4.98 Å². The fourth-order valence-corrected chi connectivity index (χ4v) is 3.12. The molecular weight excluding hydrogens is 388 g/mol. The Bertz CT molecular complexity index is 896. The average Bonchev–Trinajstić information content (AvgIpc) is 2.70. The van der Waals surface area contributed by atoms with Crippen LogP contribution in [0.25, 0.3) is 0 Å². The number of hydrogen-bond acceptors (Lipinski definition) is 3. The zero-order valence-corrected chi connectivity index (χ0v) is 17.5. The van der Waals surface area contributed by atoms with Crippen molar-refractivity contribution < 1.29 is 0 Å². The van der Waals surface area contributed by atoms with E-state index in [-0.39, 0.29) is 0 Å². The Labute approximate surface area is 176 Å². The van der Waals surface area contributed by atoms with Crippen molar-refractivity contribution in [1.29, 1.82) is 0 Å². The van der Waals surface area contributed by atoms with Crippen molar-refractivity contribution >= 4 is 40.3 Å². The van der Waals surface area contributed by atoms with Gasteiger partial charge in [0.05, 0.1) is 12.2 Å². The van der Waals surface area contributed by atoms with Crippen molar-refractivity contribution in [3.8, 4) is 0 Å². The number of nitrogens with zero attached hydrogens (tertiary/aromatic N) is 3. The van der Waals surface area contributed by atoms with Crippen LogP contribution < -0.4 is 10.2 Å². The number of rotatable bonds is 6. The quantitative estimate of drug-likeness (QED) is 0.564. The van der Waals surface area contributed by atoms with Gasteiger partial charge in [0.1, 0.15) is 0 Å². The minimum Gasteiger partial charge on any atom is -0.378 e. The molecule has 0 saturated heterocycles. The molecule has 0 bridgehead atoms. The molecule has 2 aromatic carbocycles. The summed E-state index contributed by atoms with van der Waals surface area (Å²) in [6, 6.07) is 21.9. The molecular formula is C22H23ClN4S. The van der Waals surface area contributed by atoms with Crippen LogP contribution in [0, 0.1) is 0 Å². The van der Waals surface area contributed by atoms with Crippen molar-refractivity contribution in [2.45, 2.75) is 13.1 Å². The van der Waals surface area contributed by atoms with Gasteiger partial charge in [-0.05, 0) is 66.3 Å². The molecule has 0 fully saturated rings. The van der Waals surface area contributed by atoms with Crippen LogP contribution in [-0.4, -0.2) is 29.1 Å². The molecule has 4 nitrogen and oxygen atoms in total. The molecule has 0 saturated carbocycles. The second-order valence-corrected chi connectivity index (χ2v) is 7.50. The number of halogens is 1. The molecule has 1 N–H and O–H groups in total. The zero-order chi connectivity index (χ0) is 19.9. The summed E-state index contributed by atoms with van der Waals surface area (Å²) in [5.74, 6) is 0. The van der Waals surface area contributed by atoms with E-state index in [0.29, 0.717) is 23.2 Å². The minimum atomic E-state index is 0.621. The summed E-state index contributed by atoms with van der Waals surface area (Å²) in [6.45, 7) is 1.30. The topological polar surface area (TPSA) is 31.4 Å². The van der Waals surface area contributed by atoms with E-state index in [0.717, 1.165) is 11.4 Å². The molecule has 144 valence electrons. The lowest BCUT2D eigenvalue weighted by molar-refractivity contribution is 0.407. The summed E-state index contributed by atoms with van der Waals surface area (Å²) >= 11 is 11.7. The van der Waals surface area contributed by atoms with Crippen LogP contribution in [0.2, 0.25) is 5.02 Å². The lowest BCUT2D eigenvalue weighted by Gasteiger charge is -2.26. The molecule has 3 rings (SSSR count). The molecule has 1 heterocycles. The summed E-state index contributed by atoms with van der Waals surface area (Å²) in [5, 5.41) is 4.64. The van der Waals surface area contributed by atoms with Gasteiger partial charge in [-0.15, -0.1) is 0 Å². The fourth-order valence-electron chi connectivity index (χ4n) is 2.74. The van der Waals surface area contributed by atoms with Crippen LogP contribution in [0.3, 0.4) is 0 Å². The lowest BCUT2D eigenvalue weighted by Crippen LogP contribution is -2.34. The van der Waals surface area contributed by atoms with Crippen LogP contribution in [0.15, 0.2) is 72.9 Å². The normalized spacial score (nSPS) is 10.4. The SMILES string of the molecule is CN(C)c1ccc(CN(Cc2ccccn2)C(=S)Nc2ccc(Cl)cc2)cc1. The highest BCUT2D eigenvalue weighted by atomic mass is 35.5. The maximum absolute atomic E-state index is 5.98. The van der Waals surface area contributed by atoms with E-state index in [1.54, 1.807) is 6.20 Å². The Kier molecular flexibility index (Phi) is 6.85. The van der Waals surface area contributed by atoms with Gasteiger partial charge in [0.15, 0.2) is 5.11 Å². The Morgan fingerprint density at radius 3 is 2.29 bits per heavy atom. The first-order valence-electron chi connectivity index (χ1n) is 8.99. The van der Waals surface area contributed by atoms with E-state index in [4.69, 9.17) is 23.8 Å². The molecule has 6 heteroatoms. The van der Waals surface area contributed by atoms with Crippen LogP contribution in [-0.2, 0) is 13.1 Å². The molecule has 0 aliphatic heterocycles. The summed E-state index contributed by atoms with van der Waals surface area (Å²) in [7, 11) is 4.07. The monoisotopic (exact) mass is 410 g/mol. The maximum atomic E-state index is 5.98. The van der Waals surface area contributed by atoms with Gasteiger partial charge in [-0.1, -0.05) is 29.8 Å². The molecule has 1 aromatic heterocycles. The Morgan fingerprint density at radius 2 is 1.68 bits per heavy atom. The highest BCUT2D eigenvalue weighted by molar-refractivity contribution is 7.80. The summed E-state index contributed by atoms with van der Waals surface area (Å²) < 4.78 is 0. The largest absolute Gasteiger partial charge is 0.378 e. The van der Waals surface area contributed by atoms with Crippen molar-refractivity contribution in [3.05, 3.63) is 89.2 Å². The van der Waals surface area contributed by atoms with Gasteiger partial charge in [-0.2, -0.15) is 0 Å². The predicted molar refractivity (Wildman–Crippen MR) is 122 cm³/mol. The van der Waals surface area contributed by atoms with E-state index < -0.39 is 0 Å². The van der Waals surface area contributed by atoms with E-state index in [9.17, 15) is 0 Å². The first kappa shape index (κ1) is 20.1.